The molecule has 0 fully saturated rings. The maximum absolute atomic E-state index is 12.2. The predicted octanol–water partition coefficient (Wildman–Crippen LogP) is 1.38. The van der Waals surface area contributed by atoms with E-state index in [1.54, 1.807) is 0 Å². The average molecular weight is 116 g/mol. The molecule has 0 saturated carbocycles. The Balaban J connectivity index is 2.53. The zero-order valence-corrected chi connectivity index (χ0v) is 4.60. The van der Waals surface area contributed by atoms with Crippen molar-refractivity contribution in [1.82, 2.24) is 0 Å². The lowest BCUT2D eigenvalue weighted by atomic mass is 10.0. The Hall–Kier alpha value is -0.370. The minimum absolute atomic E-state index is 0.351. The normalized spacial score (nSPS) is 29.8. The van der Waals surface area contributed by atoms with Crippen molar-refractivity contribution in [3.63, 3.8) is 0 Å². The lowest BCUT2D eigenvalue weighted by Crippen LogP contribution is -2.09. The lowest BCUT2D eigenvalue weighted by Gasteiger charge is -2.11. The second-order valence-electron chi connectivity index (χ2n) is 2.04. The van der Waals surface area contributed by atoms with Crippen molar-refractivity contribution in [2.75, 3.05) is 0 Å². The van der Waals surface area contributed by atoms with Crippen molar-refractivity contribution in [3.05, 3.63) is 11.9 Å². The second-order valence-corrected chi connectivity index (χ2v) is 2.04. The topological polar surface area (TPSA) is 20.2 Å². The van der Waals surface area contributed by atoms with Gasteiger partial charge in [-0.15, -0.1) is 0 Å². The molecule has 0 saturated heterocycles. The third-order valence-corrected chi connectivity index (χ3v) is 1.34. The van der Waals surface area contributed by atoms with Gasteiger partial charge in [-0.25, -0.2) is 4.39 Å². The highest BCUT2D eigenvalue weighted by molar-refractivity contribution is 5.01. The summed E-state index contributed by atoms with van der Waals surface area (Å²) in [6.45, 7) is 0. The Bertz CT molecular complexity index is 109. The maximum Gasteiger partial charge on any atom is 0.124 e. The van der Waals surface area contributed by atoms with Crippen molar-refractivity contribution in [2.24, 2.45) is 0 Å². The molecule has 8 heavy (non-hydrogen) atoms. The zero-order valence-electron chi connectivity index (χ0n) is 4.60. The van der Waals surface area contributed by atoms with Gasteiger partial charge in [-0.2, -0.15) is 0 Å². The Kier molecular flexibility index (Phi) is 1.63. The molecule has 1 aliphatic carbocycles. The zero-order chi connectivity index (χ0) is 5.98. The Labute approximate surface area is 47.8 Å². The predicted molar refractivity (Wildman–Crippen MR) is 29.0 cm³/mol. The molecule has 0 aromatic carbocycles. The van der Waals surface area contributed by atoms with Crippen LogP contribution in [0.5, 0.6) is 0 Å². The Morgan fingerprint density at radius 1 is 1.75 bits per heavy atom. The lowest BCUT2D eigenvalue weighted by molar-refractivity contribution is 0.163. The van der Waals surface area contributed by atoms with Crippen LogP contribution in [0.1, 0.15) is 19.3 Å². The van der Waals surface area contributed by atoms with Crippen LogP contribution in [0.4, 0.5) is 4.39 Å². The summed E-state index contributed by atoms with van der Waals surface area (Å²) in [6, 6.07) is 0. The van der Waals surface area contributed by atoms with Gasteiger partial charge in [-0.3, -0.25) is 0 Å². The summed E-state index contributed by atoms with van der Waals surface area (Å²) < 4.78 is 12.2. The number of aliphatic hydroxyl groups excluding tert-OH is 1. The summed E-state index contributed by atoms with van der Waals surface area (Å²) in [4.78, 5) is 0. The van der Waals surface area contributed by atoms with Crippen LogP contribution in [0, 0.1) is 0 Å². The summed E-state index contributed by atoms with van der Waals surface area (Å²) in [5.74, 6) is -0.351. The van der Waals surface area contributed by atoms with Crippen LogP contribution in [0.3, 0.4) is 0 Å². The molecular weight excluding hydrogens is 107 g/mol. The molecule has 0 aromatic heterocycles. The second kappa shape index (κ2) is 2.27. The molecule has 0 aliphatic heterocycles. The van der Waals surface area contributed by atoms with Gasteiger partial charge >= 0.3 is 0 Å². The largest absolute Gasteiger partial charge is 0.386 e. The summed E-state index contributed by atoms with van der Waals surface area (Å²) in [5, 5.41) is 8.73. The van der Waals surface area contributed by atoms with Crippen LogP contribution in [-0.4, -0.2) is 11.2 Å². The molecule has 1 N–H and O–H groups in total. The number of aliphatic hydroxyl groups is 1. The van der Waals surface area contributed by atoms with E-state index in [0.29, 0.717) is 6.42 Å². The fourth-order valence-electron chi connectivity index (χ4n) is 0.825. The van der Waals surface area contributed by atoms with Crippen molar-refractivity contribution >= 4 is 0 Å². The van der Waals surface area contributed by atoms with E-state index >= 15 is 0 Å². The van der Waals surface area contributed by atoms with Crippen molar-refractivity contribution in [2.45, 2.75) is 25.4 Å². The van der Waals surface area contributed by atoms with Crippen LogP contribution in [0.25, 0.3) is 0 Å². The summed E-state index contributed by atoms with van der Waals surface area (Å²) in [7, 11) is 0. The van der Waals surface area contributed by atoms with Gasteiger partial charge in [0.25, 0.3) is 0 Å². The fraction of sp³-hybridized carbons (Fsp3) is 0.667. The third-order valence-electron chi connectivity index (χ3n) is 1.34. The van der Waals surface area contributed by atoms with E-state index in [2.05, 4.69) is 0 Å². The molecule has 0 spiro atoms. The molecule has 0 amide bonds. The SMILES string of the molecule is OC1CCCC=C1F. The van der Waals surface area contributed by atoms with E-state index in [1.807, 2.05) is 0 Å². The molecule has 0 radical (unpaired) electrons. The van der Waals surface area contributed by atoms with Crippen molar-refractivity contribution in [3.8, 4) is 0 Å². The minimum atomic E-state index is -0.802. The van der Waals surface area contributed by atoms with E-state index in [4.69, 9.17) is 5.11 Å². The van der Waals surface area contributed by atoms with Crippen LogP contribution >= 0.6 is 0 Å². The van der Waals surface area contributed by atoms with Crippen LogP contribution in [0.15, 0.2) is 11.9 Å². The summed E-state index contributed by atoms with van der Waals surface area (Å²) >= 11 is 0. The first-order valence-corrected chi connectivity index (χ1v) is 2.84. The van der Waals surface area contributed by atoms with Gasteiger partial charge in [0.2, 0.25) is 0 Å². The summed E-state index contributed by atoms with van der Waals surface area (Å²) in [6.07, 6.45) is 2.93. The number of hydrogen-bond acceptors (Lipinski definition) is 1. The molecule has 0 aromatic rings. The van der Waals surface area contributed by atoms with Gasteiger partial charge in [0.1, 0.15) is 11.9 Å². The molecule has 1 atom stereocenters. The highest BCUT2D eigenvalue weighted by atomic mass is 19.1. The standard InChI is InChI=1S/C6H9FO/c7-5-3-1-2-4-6(5)8/h3,6,8H,1-2,4H2. The molecule has 1 unspecified atom stereocenters. The van der Waals surface area contributed by atoms with Gasteiger partial charge < -0.3 is 5.11 Å². The van der Waals surface area contributed by atoms with Gasteiger partial charge in [-0.1, -0.05) is 6.08 Å². The van der Waals surface area contributed by atoms with Gasteiger partial charge in [0.05, 0.1) is 0 Å². The average Bonchev–Trinajstić information content (AvgIpc) is 1.77. The number of hydrogen-bond donors (Lipinski definition) is 1. The number of rotatable bonds is 0. The number of allylic oxidation sites excluding steroid dienone is 1. The molecule has 0 heterocycles. The van der Waals surface area contributed by atoms with Gasteiger partial charge in [0, 0.05) is 0 Å². The van der Waals surface area contributed by atoms with Crippen LogP contribution in [-0.2, 0) is 0 Å². The highest BCUT2D eigenvalue weighted by Crippen LogP contribution is 2.18. The molecule has 1 nitrogen and oxygen atoms in total. The molecule has 46 valence electrons. The number of halogens is 1. The maximum atomic E-state index is 12.2. The van der Waals surface area contributed by atoms with Crippen molar-refractivity contribution < 1.29 is 9.50 Å². The molecule has 2 heteroatoms. The van der Waals surface area contributed by atoms with E-state index in [1.165, 1.54) is 6.08 Å². The smallest absolute Gasteiger partial charge is 0.124 e. The third kappa shape index (κ3) is 1.07. The highest BCUT2D eigenvalue weighted by Gasteiger charge is 2.12. The minimum Gasteiger partial charge on any atom is -0.386 e. The van der Waals surface area contributed by atoms with Crippen molar-refractivity contribution in [1.29, 1.82) is 0 Å². The molecule has 0 bridgehead atoms. The van der Waals surface area contributed by atoms with E-state index in [0.717, 1.165) is 12.8 Å². The van der Waals surface area contributed by atoms with E-state index in [-0.39, 0.29) is 5.83 Å². The molecule has 1 rings (SSSR count). The van der Waals surface area contributed by atoms with Crippen LogP contribution < -0.4 is 0 Å². The first kappa shape index (κ1) is 5.76. The Morgan fingerprint density at radius 2 is 2.50 bits per heavy atom. The van der Waals surface area contributed by atoms with E-state index < -0.39 is 6.10 Å². The fourth-order valence-corrected chi connectivity index (χ4v) is 0.825. The monoisotopic (exact) mass is 116 g/mol. The van der Waals surface area contributed by atoms with Gasteiger partial charge in [0.15, 0.2) is 0 Å². The first-order chi connectivity index (χ1) is 3.80. The molecule has 1 aliphatic rings. The first-order valence-electron chi connectivity index (χ1n) is 2.84. The Morgan fingerprint density at radius 3 is 2.88 bits per heavy atom. The van der Waals surface area contributed by atoms with E-state index in [9.17, 15) is 4.39 Å². The van der Waals surface area contributed by atoms with Gasteiger partial charge in [-0.05, 0) is 19.3 Å². The van der Waals surface area contributed by atoms with Crippen LogP contribution in [0.2, 0.25) is 0 Å². The quantitative estimate of drug-likeness (QED) is 0.507. The molecular formula is C6H9FO. The summed E-state index contributed by atoms with van der Waals surface area (Å²) in [5.41, 5.74) is 0.